The Kier molecular flexibility index (Phi) is 7.89. The maximum atomic E-state index is 13.0. The molecule has 0 unspecified atom stereocenters. The normalized spacial score (nSPS) is 14.7. The van der Waals surface area contributed by atoms with Crippen LogP contribution in [0.2, 0.25) is 0 Å². The van der Waals surface area contributed by atoms with Gasteiger partial charge in [0, 0.05) is 56.5 Å². The third-order valence-corrected chi connectivity index (χ3v) is 4.19. The highest BCUT2D eigenvalue weighted by Crippen LogP contribution is 2.16. The molecule has 3 rings (SSSR count). The van der Waals surface area contributed by atoms with E-state index in [-0.39, 0.29) is 29.8 Å². The summed E-state index contributed by atoms with van der Waals surface area (Å²) in [7, 11) is 0. The number of piperazine rings is 1. The van der Waals surface area contributed by atoms with Gasteiger partial charge in [-0.25, -0.2) is 4.39 Å². The van der Waals surface area contributed by atoms with E-state index in [1.54, 1.807) is 12.4 Å². The number of nitrogens with two attached hydrogens (primary N) is 1. The first-order chi connectivity index (χ1) is 12.2. The fraction of sp³-hybridized carbons (Fsp3) is 0.333. The standard InChI is InChI=1S/C18H23FN6.HI/c19-15-1-3-17(4-2-15)24-11-13-25(14-12-24)18(20)23-10-9-22-16-5-7-21-8-6-16;/h1-8H,9-14H2,(H2,20,23)(H,21,22);1H. The van der Waals surface area contributed by atoms with Crippen LogP contribution in [0.4, 0.5) is 15.8 Å². The molecule has 8 heteroatoms. The molecule has 140 valence electrons. The first-order valence-electron chi connectivity index (χ1n) is 8.41. The van der Waals surface area contributed by atoms with Gasteiger partial charge in [0.2, 0.25) is 0 Å². The average Bonchev–Trinajstić information content (AvgIpc) is 2.67. The Morgan fingerprint density at radius 1 is 1.08 bits per heavy atom. The largest absolute Gasteiger partial charge is 0.383 e. The average molecular weight is 470 g/mol. The summed E-state index contributed by atoms with van der Waals surface area (Å²) in [5.74, 6) is 0.370. The molecule has 2 heterocycles. The summed E-state index contributed by atoms with van der Waals surface area (Å²) in [6.45, 7) is 4.65. The lowest BCUT2D eigenvalue weighted by molar-refractivity contribution is 0.381. The van der Waals surface area contributed by atoms with Crippen molar-refractivity contribution in [3.63, 3.8) is 0 Å². The number of hydrogen-bond donors (Lipinski definition) is 2. The summed E-state index contributed by atoms with van der Waals surface area (Å²) < 4.78 is 13.0. The first-order valence-corrected chi connectivity index (χ1v) is 8.41. The van der Waals surface area contributed by atoms with Crippen molar-refractivity contribution < 1.29 is 4.39 Å². The molecular weight excluding hydrogens is 446 g/mol. The van der Waals surface area contributed by atoms with Gasteiger partial charge in [-0.1, -0.05) is 0 Å². The molecule has 1 fully saturated rings. The van der Waals surface area contributed by atoms with E-state index >= 15 is 0 Å². The van der Waals surface area contributed by atoms with Crippen LogP contribution < -0.4 is 16.0 Å². The molecule has 0 bridgehead atoms. The van der Waals surface area contributed by atoms with Crippen molar-refractivity contribution in [1.29, 1.82) is 0 Å². The minimum Gasteiger partial charge on any atom is -0.383 e. The van der Waals surface area contributed by atoms with E-state index in [9.17, 15) is 4.39 Å². The minimum absolute atomic E-state index is 0. The fourth-order valence-corrected chi connectivity index (χ4v) is 2.79. The van der Waals surface area contributed by atoms with Gasteiger partial charge in [-0.05, 0) is 36.4 Å². The Bertz CT molecular complexity index is 687. The molecule has 1 aliphatic rings. The number of rotatable bonds is 5. The summed E-state index contributed by atoms with van der Waals surface area (Å²) in [5, 5.41) is 3.28. The number of anilines is 2. The number of pyridine rings is 1. The van der Waals surface area contributed by atoms with Crippen LogP contribution in [0.3, 0.4) is 0 Å². The predicted octanol–water partition coefficient (Wildman–Crippen LogP) is 2.39. The summed E-state index contributed by atoms with van der Waals surface area (Å²) in [6, 6.07) is 10.4. The molecule has 3 N–H and O–H groups in total. The van der Waals surface area contributed by atoms with Gasteiger partial charge in [0.1, 0.15) is 5.82 Å². The summed E-state index contributed by atoms with van der Waals surface area (Å²) in [4.78, 5) is 12.7. The minimum atomic E-state index is -0.209. The van der Waals surface area contributed by atoms with Gasteiger partial charge in [-0.15, -0.1) is 24.0 Å². The Morgan fingerprint density at radius 3 is 2.38 bits per heavy atom. The molecule has 1 aromatic heterocycles. The summed E-state index contributed by atoms with van der Waals surface area (Å²) in [5.41, 5.74) is 8.17. The SMILES string of the molecule is I.NC(=NCCNc1ccncc1)N1CCN(c2ccc(F)cc2)CC1. The quantitative estimate of drug-likeness (QED) is 0.304. The fourth-order valence-electron chi connectivity index (χ4n) is 2.79. The molecule has 0 radical (unpaired) electrons. The Balaban J connectivity index is 0.00000243. The highest BCUT2D eigenvalue weighted by Gasteiger charge is 2.18. The van der Waals surface area contributed by atoms with Crippen molar-refractivity contribution >= 4 is 41.3 Å². The van der Waals surface area contributed by atoms with Gasteiger partial charge >= 0.3 is 0 Å². The number of nitrogens with one attached hydrogen (secondary N) is 1. The highest BCUT2D eigenvalue weighted by atomic mass is 127. The molecule has 1 aromatic carbocycles. The lowest BCUT2D eigenvalue weighted by Crippen LogP contribution is -2.51. The van der Waals surface area contributed by atoms with E-state index in [0.717, 1.165) is 44.1 Å². The molecule has 0 aliphatic carbocycles. The van der Waals surface area contributed by atoms with Crippen LogP contribution in [0.5, 0.6) is 0 Å². The Morgan fingerprint density at radius 2 is 1.73 bits per heavy atom. The van der Waals surface area contributed by atoms with Crippen LogP contribution in [0.25, 0.3) is 0 Å². The van der Waals surface area contributed by atoms with E-state index in [0.29, 0.717) is 12.5 Å². The molecular formula is C18H24FIN6. The van der Waals surface area contributed by atoms with Gasteiger partial charge in [0.25, 0.3) is 0 Å². The van der Waals surface area contributed by atoms with Gasteiger partial charge in [-0.3, -0.25) is 9.98 Å². The number of aliphatic imine (C=N–C) groups is 1. The zero-order valence-corrected chi connectivity index (χ0v) is 16.8. The van der Waals surface area contributed by atoms with E-state index in [1.807, 2.05) is 24.3 Å². The molecule has 26 heavy (non-hydrogen) atoms. The molecule has 0 saturated carbocycles. The van der Waals surface area contributed by atoms with E-state index in [4.69, 9.17) is 5.73 Å². The topological polar surface area (TPSA) is 69.8 Å². The number of hydrogen-bond acceptors (Lipinski definition) is 4. The van der Waals surface area contributed by atoms with Crippen LogP contribution in [0.1, 0.15) is 0 Å². The molecule has 0 spiro atoms. The maximum Gasteiger partial charge on any atom is 0.191 e. The van der Waals surface area contributed by atoms with Gasteiger partial charge in [0.15, 0.2) is 5.96 Å². The van der Waals surface area contributed by atoms with Crippen molar-refractivity contribution in [2.75, 3.05) is 49.5 Å². The third kappa shape index (κ3) is 5.72. The molecule has 0 amide bonds. The molecule has 6 nitrogen and oxygen atoms in total. The number of guanidine groups is 1. The Hall–Kier alpha value is -2.10. The molecule has 0 atom stereocenters. The van der Waals surface area contributed by atoms with Crippen molar-refractivity contribution in [2.45, 2.75) is 0 Å². The zero-order valence-electron chi connectivity index (χ0n) is 14.5. The second kappa shape index (κ2) is 10.1. The number of aromatic nitrogens is 1. The maximum absolute atomic E-state index is 13.0. The predicted molar refractivity (Wildman–Crippen MR) is 115 cm³/mol. The Labute approximate surface area is 170 Å². The second-order valence-corrected chi connectivity index (χ2v) is 5.85. The number of nitrogens with zero attached hydrogens (tertiary/aromatic N) is 4. The van der Waals surface area contributed by atoms with Crippen molar-refractivity contribution in [3.05, 3.63) is 54.6 Å². The van der Waals surface area contributed by atoms with E-state index in [1.165, 1.54) is 12.1 Å². The summed E-state index contributed by atoms with van der Waals surface area (Å²) >= 11 is 0. The lowest BCUT2D eigenvalue weighted by Gasteiger charge is -2.36. The van der Waals surface area contributed by atoms with Crippen molar-refractivity contribution in [1.82, 2.24) is 9.88 Å². The first kappa shape index (κ1) is 20.2. The van der Waals surface area contributed by atoms with Gasteiger partial charge in [0.05, 0.1) is 6.54 Å². The second-order valence-electron chi connectivity index (χ2n) is 5.85. The van der Waals surface area contributed by atoms with E-state index < -0.39 is 0 Å². The number of halogens is 2. The van der Waals surface area contributed by atoms with Crippen LogP contribution in [-0.2, 0) is 0 Å². The van der Waals surface area contributed by atoms with Crippen LogP contribution in [0, 0.1) is 5.82 Å². The van der Waals surface area contributed by atoms with Crippen LogP contribution >= 0.6 is 24.0 Å². The third-order valence-electron chi connectivity index (χ3n) is 4.19. The molecule has 1 aliphatic heterocycles. The van der Waals surface area contributed by atoms with Gasteiger partial charge in [-0.2, -0.15) is 0 Å². The van der Waals surface area contributed by atoms with Crippen molar-refractivity contribution in [3.8, 4) is 0 Å². The lowest BCUT2D eigenvalue weighted by atomic mass is 10.2. The summed E-state index contributed by atoms with van der Waals surface area (Å²) in [6.07, 6.45) is 3.50. The van der Waals surface area contributed by atoms with Crippen molar-refractivity contribution in [2.24, 2.45) is 10.7 Å². The monoisotopic (exact) mass is 470 g/mol. The molecule has 2 aromatic rings. The van der Waals surface area contributed by atoms with E-state index in [2.05, 4.69) is 25.1 Å². The highest BCUT2D eigenvalue weighted by molar-refractivity contribution is 14.0. The van der Waals surface area contributed by atoms with Crippen LogP contribution in [-0.4, -0.2) is 55.1 Å². The number of benzene rings is 1. The molecule has 1 saturated heterocycles. The zero-order chi connectivity index (χ0) is 17.5. The van der Waals surface area contributed by atoms with Gasteiger partial charge < -0.3 is 20.9 Å². The van der Waals surface area contributed by atoms with Crippen LogP contribution in [0.15, 0.2) is 53.8 Å². The smallest absolute Gasteiger partial charge is 0.191 e.